The molecular weight excluding hydrogens is 250 g/mol. The maximum absolute atomic E-state index is 13.1. The van der Waals surface area contributed by atoms with Gasteiger partial charge in [-0.15, -0.1) is 11.8 Å². The van der Waals surface area contributed by atoms with Crippen molar-refractivity contribution in [3.05, 3.63) is 27.4 Å². The second-order valence-electron chi connectivity index (χ2n) is 1.88. The summed E-state index contributed by atoms with van der Waals surface area (Å²) in [7, 11) is 0. The third-order valence-corrected chi connectivity index (χ3v) is 3.29. The standard InChI is InChI=1S/C7H5BrClFS/c1-11-5-3-2-4(9)6(8)7(5)10/h2-3H,1H3. The molecule has 0 saturated carbocycles. The first-order valence-corrected chi connectivity index (χ1v) is 5.24. The Balaban J connectivity index is 3.25. The maximum Gasteiger partial charge on any atom is 0.152 e. The molecule has 0 nitrogen and oxygen atoms in total. The molecular formula is C7H5BrClFS. The van der Waals surface area contributed by atoms with E-state index in [1.165, 1.54) is 11.8 Å². The number of thioether (sulfide) groups is 1. The van der Waals surface area contributed by atoms with Crippen LogP contribution in [0.5, 0.6) is 0 Å². The minimum Gasteiger partial charge on any atom is -0.204 e. The van der Waals surface area contributed by atoms with E-state index in [1.807, 2.05) is 6.26 Å². The van der Waals surface area contributed by atoms with Crippen molar-refractivity contribution in [2.45, 2.75) is 4.90 Å². The molecule has 0 saturated heterocycles. The Morgan fingerprint density at radius 3 is 2.73 bits per heavy atom. The SMILES string of the molecule is CSc1ccc(Cl)c(Br)c1F. The topological polar surface area (TPSA) is 0 Å². The fraction of sp³-hybridized carbons (Fsp3) is 0.143. The van der Waals surface area contributed by atoms with Gasteiger partial charge in [-0.05, 0) is 34.3 Å². The van der Waals surface area contributed by atoms with Crippen molar-refractivity contribution in [3.8, 4) is 0 Å². The van der Waals surface area contributed by atoms with Crippen LogP contribution in [-0.4, -0.2) is 6.26 Å². The molecule has 1 aromatic rings. The molecule has 0 heterocycles. The highest BCUT2D eigenvalue weighted by atomic mass is 79.9. The summed E-state index contributed by atoms with van der Waals surface area (Å²) in [5, 5.41) is 0.403. The smallest absolute Gasteiger partial charge is 0.152 e. The lowest BCUT2D eigenvalue weighted by Crippen LogP contribution is -1.82. The summed E-state index contributed by atoms with van der Waals surface area (Å²) >= 11 is 10.1. The van der Waals surface area contributed by atoms with Crippen LogP contribution in [0.3, 0.4) is 0 Å². The Kier molecular flexibility index (Phi) is 3.22. The lowest BCUT2D eigenvalue weighted by atomic mass is 10.3. The van der Waals surface area contributed by atoms with Gasteiger partial charge in [-0.25, -0.2) is 4.39 Å². The van der Waals surface area contributed by atoms with E-state index in [0.717, 1.165) is 0 Å². The molecule has 0 bridgehead atoms. The van der Waals surface area contributed by atoms with E-state index in [9.17, 15) is 4.39 Å². The van der Waals surface area contributed by atoms with Crippen molar-refractivity contribution in [1.82, 2.24) is 0 Å². The van der Waals surface area contributed by atoms with E-state index in [2.05, 4.69) is 15.9 Å². The molecule has 4 heteroatoms. The predicted molar refractivity (Wildman–Crippen MR) is 50.9 cm³/mol. The zero-order valence-corrected chi connectivity index (χ0v) is 8.86. The normalized spacial score (nSPS) is 10.2. The summed E-state index contributed by atoms with van der Waals surface area (Å²) in [6.07, 6.45) is 1.82. The second-order valence-corrected chi connectivity index (χ2v) is 3.93. The van der Waals surface area contributed by atoms with Gasteiger partial charge in [-0.3, -0.25) is 0 Å². The number of hydrogen-bond acceptors (Lipinski definition) is 1. The van der Waals surface area contributed by atoms with Gasteiger partial charge in [0.2, 0.25) is 0 Å². The van der Waals surface area contributed by atoms with Crippen molar-refractivity contribution in [1.29, 1.82) is 0 Å². The van der Waals surface area contributed by atoms with Gasteiger partial charge in [0.05, 0.1) is 9.50 Å². The second kappa shape index (κ2) is 3.78. The molecule has 0 atom stereocenters. The van der Waals surface area contributed by atoms with Crippen LogP contribution in [0.25, 0.3) is 0 Å². The van der Waals surface area contributed by atoms with Crippen molar-refractivity contribution in [3.63, 3.8) is 0 Å². The highest BCUT2D eigenvalue weighted by Gasteiger charge is 2.08. The van der Waals surface area contributed by atoms with Gasteiger partial charge in [0.1, 0.15) is 0 Å². The summed E-state index contributed by atoms with van der Waals surface area (Å²) < 4.78 is 13.4. The van der Waals surface area contributed by atoms with Gasteiger partial charge < -0.3 is 0 Å². The van der Waals surface area contributed by atoms with Gasteiger partial charge in [-0.2, -0.15) is 0 Å². The van der Waals surface area contributed by atoms with Gasteiger partial charge in [0.25, 0.3) is 0 Å². The van der Waals surface area contributed by atoms with Crippen LogP contribution in [0.15, 0.2) is 21.5 Å². The average Bonchev–Trinajstić information content (AvgIpc) is 2.01. The molecule has 0 N–H and O–H groups in total. The highest BCUT2D eigenvalue weighted by Crippen LogP contribution is 2.31. The van der Waals surface area contributed by atoms with E-state index in [4.69, 9.17) is 11.6 Å². The number of rotatable bonds is 1. The van der Waals surface area contributed by atoms with Gasteiger partial charge in [0, 0.05) is 4.90 Å². The first kappa shape index (κ1) is 9.36. The molecule has 11 heavy (non-hydrogen) atoms. The molecule has 0 fully saturated rings. The molecule has 0 unspecified atom stereocenters. The van der Waals surface area contributed by atoms with E-state index in [0.29, 0.717) is 14.4 Å². The molecule has 60 valence electrons. The Labute approximate surface area is 82.3 Å². The van der Waals surface area contributed by atoms with Gasteiger partial charge in [-0.1, -0.05) is 11.6 Å². The highest BCUT2D eigenvalue weighted by molar-refractivity contribution is 9.10. The van der Waals surface area contributed by atoms with Crippen LogP contribution in [0, 0.1) is 5.82 Å². The molecule has 1 rings (SSSR count). The number of halogens is 3. The zero-order chi connectivity index (χ0) is 8.43. The Morgan fingerprint density at radius 1 is 1.55 bits per heavy atom. The quantitative estimate of drug-likeness (QED) is 0.541. The number of benzene rings is 1. The molecule has 0 radical (unpaired) electrons. The van der Waals surface area contributed by atoms with Crippen LogP contribution < -0.4 is 0 Å². The van der Waals surface area contributed by atoms with E-state index in [-0.39, 0.29) is 5.82 Å². The zero-order valence-electron chi connectivity index (χ0n) is 5.70. The predicted octanol–water partition coefficient (Wildman–Crippen LogP) is 3.96. The minimum absolute atomic E-state index is 0.287. The fourth-order valence-corrected chi connectivity index (χ4v) is 1.77. The van der Waals surface area contributed by atoms with Crippen LogP contribution in [0.1, 0.15) is 0 Å². The van der Waals surface area contributed by atoms with E-state index >= 15 is 0 Å². The molecule has 0 aliphatic heterocycles. The fourth-order valence-electron chi connectivity index (χ4n) is 0.666. The summed E-state index contributed by atoms with van der Waals surface area (Å²) in [6, 6.07) is 3.33. The molecule has 0 aromatic heterocycles. The molecule has 0 amide bonds. The van der Waals surface area contributed by atoms with Crippen molar-refractivity contribution in [2.75, 3.05) is 6.26 Å². The van der Waals surface area contributed by atoms with Gasteiger partial charge in [0.15, 0.2) is 5.82 Å². The summed E-state index contributed by atoms with van der Waals surface area (Å²) in [4.78, 5) is 0.598. The third kappa shape index (κ3) is 1.89. The molecule has 1 aromatic carbocycles. The molecule has 0 aliphatic rings. The lowest BCUT2D eigenvalue weighted by Gasteiger charge is -2.01. The third-order valence-electron chi connectivity index (χ3n) is 1.22. The van der Waals surface area contributed by atoms with E-state index in [1.54, 1.807) is 12.1 Å². The lowest BCUT2D eigenvalue weighted by molar-refractivity contribution is 0.595. The average molecular weight is 256 g/mol. The van der Waals surface area contributed by atoms with Crippen LogP contribution in [0.2, 0.25) is 5.02 Å². The van der Waals surface area contributed by atoms with Crippen molar-refractivity contribution in [2.24, 2.45) is 0 Å². The summed E-state index contributed by atoms with van der Waals surface area (Å²) in [6.45, 7) is 0. The first-order chi connectivity index (χ1) is 5.16. The maximum atomic E-state index is 13.1. The Morgan fingerprint density at radius 2 is 2.18 bits per heavy atom. The van der Waals surface area contributed by atoms with Crippen LogP contribution >= 0.6 is 39.3 Å². The summed E-state index contributed by atoms with van der Waals surface area (Å²) in [5.74, 6) is -0.287. The van der Waals surface area contributed by atoms with Crippen LogP contribution in [0.4, 0.5) is 4.39 Å². The summed E-state index contributed by atoms with van der Waals surface area (Å²) in [5.41, 5.74) is 0. The van der Waals surface area contributed by atoms with Crippen molar-refractivity contribution >= 4 is 39.3 Å². The van der Waals surface area contributed by atoms with Crippen molar-refractivity contribution < 1.29 is 4.39 Å². The largest absolute Gasteiger partial charge is 0.204 e. The minimum atomic E-state index is -0.287. The first-order valence-electron chi connectivity index (χ1n) is 2.84. The molecule has 0 spiro atoms. The van der Waals surface area contributed by atoms with Gasteiger partial charge >= 0.3 is 0 Å². The van der Waals surface area contributed by atoms with E-state index < -0.39 is 0 Å². The Hall–Kier alpha value is 0.270. The monoisotopic (exact) mass is 254 g/mol. The molecule has 0 aliphatic carbocycles. The number of hydrogen-bond donors (Lipinski definition) is 0. The van der Waals surface area contributed by atoms with Crippen LogP contribution in [-0.2, 0) is 0 Å². The Bertz CT molecular complexity index is 277.